The molecule has 3 fully saturated rings. The molecule has 3 aromatic heterocycles. The van der Waals surface area contributed by atoms with E-state index in [1.165, 1.54) is 6.20 Å². The lowest BCUT2D eigenvalue weighted by Crippen LogP contribution is -2.28. The minimum absolute atomic E-state index is 0.00219. The van der Waals surface area contributed by atoms with Crippen LogP contribution in [0.5, 0.6) is 0 Å². The van der Waals surface area contributed by atoms with E-state index >= 15 is 0 Å². The molecule has 0 spiro atoms. The van der Waals surface area contributed by atoms with Crippen LogP contribution in [0.2, 0.25) is 0 Å². The fourth-order valence-corrected chi connectivity index (χ4v) is 4.80. The smallest absolute Gasteiger partial charge is 0.274 e. The Bertz CT molecular complexity index is 1290. The summed E-state index contributed by atoms with van der Waals surface area (Å²) < 4.78 is 14.1. The van der Waals surface area contributed by atoms with Gasteiger partial charge in [-0.25, -0.2) is 4.98 Å². The second-order valence-corrected chi connectivity index (χ2v) is 8.78. The van der Waals surface area contributed by atoms with Crippen LogP contribution >= 0.6 is 0 Å². The third kappa shape index (κ3) is 3.35. The van der Waals surface area contributed by atoms with Crippen LogP contribution in [-0.4, -0.2) is 64.6 Å². The maximum absolute atomic E-state index is 13.1. The molecule has 0 bridgehead atoms. The van der Waals surface area contributed by atoms with Crippen molar-refractivity contribution in [2.75, 3.05) is 38.0 Å². The zero-order valence-corrected chi connectivity index (χ0v) is 18.3. The van der Waals surface area contributed by atoms with Crippen LogP contribution in [0.25, 0.3) is 5.65 Å². The predicted octanol–water partition coefficient (Wildman–Crippen LogP) is 1.01. The first kappa shape index (κ1) is 20.2. The quantitative estimate of drug-likeness (QED) is 0.486. The van der Waals surface area contributed by atoms with Gasteiger partial charge in [-0.2, -0.15) is 9.61 Å². The van der Waals surface area contributed by atoms with Crippen LogP contribution in [0.15, 0.2) is 35.4 Å². The predicted molar refractivity (Wildman–Crippen MR) is 120 cm³/mol. The van der Waals surface area contributed by atoms with Gasteiger partial charge in [0, 0.05) is 44.3 Å². The Balaban J connectivity index is 1.31. The lowest BCUT2D eigenvalue weighted by Gasteiger charge is -2.13. The van der Waals surface area contributed by atoms with Gasteiger partial charge in [-0.3, -0.25) is 9.59 Å². The molecule has 1 saturated heterocycles. The number of anilines is 3. The molecule has 1 amide bonds. The first-order valence-corrected chi connectivity index (χ1v) is 11.0. The number of fused-ring (bicyclic) bond motifs is 2. The minimum atomic E-state index is -0.259. The molecule has 1 unspecified atom stereocenters. The number of nitrogens with one attached hydrogen (secondary N) is 3. The van der Waals surface area contributed by atoms with Crippen LogP contribution in [0.4, 0.5) is 17.3 Å². The highest BCUT2D eigenvalue weighted by Crippen LogP contribution is 2.53. The molecule has 6 rings (SSSR count). The Hall–Kier alpha value is -3.44. The van der Waals surface area contributed by atoms with Crippen LogP contribution in [-0.2, 0) is 9.47 Å². The fourth-order valence-electron chi connectivity index (χ4n) is 4.80. The highest BCUT2D eigenvalue weighted by atomic mass is 16.5. The van der Waals surface area contributed by atoms with E-state index < -0.39 is 0 Å². The summed E-state index contributed by atoms with van der Waals surface area (Å²) in [4.78, 5) is 30.6. The van der Waals surface area contributed by atoms with Crippen LogP contribution in [0.3, 0.4) is 0 Å². The van der Waals surface area contributed by atoms with Crippen molar-refractivity contribution in [3.8, 4) is 0 Å². The molecule has 2 saturated carbocycles. The van der Waals surface area contributed by atoms with Crippen molar-refractivity contribution in [3.63, 3.8) is 0 Å². The minimum Gasteiger partial charge on any atom is -0.381 e. The number of methoxy groups -OCH3 is 1. The van der Waals surface area contributed by atoms with Gasteiger partial charge in [-0.05, 0) is 18.6 Å². The van der Waals surface area contributed by atoms with Gasteiger partial charge in [0.05, 0.1) is 31.6 Å². The Labute approximate surface area is 189 Å². The summed E-state index contributed by atoms with van der Waals surface area (Å²) in [5, 5.41) is 13.5. The Morgan fingerprint density at radius 3 is 2.85 bits per heavy atom. The van der Waals surface area contributed by atoms with Crippen LogP contribution in [0.1, 0.15) is 22.8 Å². The number of aromatic nitrogens is 4. The molecule has 0 radical (unpaired) electrons. The zero-order valence-electron chi connectivity index (χ0n) is 18.3. The van der Waals surface area contributed by atoms with Gasteiger partial charge < -0.3 is 30.0 Å². The number of rotatable bonds is 7. The molecule has 3 aromatic rings. The first-order chi connectivity index (χ1) is 16.1. The number of nitrogens with zero attached hydrogens (tertiary/aromatic N) is 4. The number of amides is 1. The third-order valence-corrected chi connectivity index (χ3v) is 6.79. The monoisotopic (exact) mass is 451 g/mol. The van der Waals surface area contributed by atoms with E-state index in [4.69, 9.17) is 9.47 Å². The average molecular weight is 451 g/mol. The highest BCUT2D eigenvalue weighted by molar-refractivity contribution is 6.00. The molecule has 172 valence electrons. The van der Waals surface area contributed by atoms with Crippen molar-refractivity contribution < 1.29 is 14.3 Å². The van der Waals surface area contributed by atoms with E-state index in [-0.39, 0.29) is 29.7 Å². The number of carbonyl (C=O) groups is 1. The number of pyridine rings is 1. The van der Waals surface area contributed by atoms with Gasteiger partial charge >= 0.3 is 0 Å². The summed E-state index contributed by atoms with van der Waals surface area (Å²) in [5.74, 6) is 1.65. The number of hydrogen-bond acceptors (Lipinski definition) is 8. The molecule has 4 heterocycles. The normalized spacial score (nSPS) is 27.3. The molecule has 0 aromatic carbocycles. The molecule has 11 heteroatoms. The lowest BCUT2D eigenvalue weighted by molar-refractivity contribution is 0.0936. The molecule has 33 heavy (non-hydrogen) atoms. The van der Waals surface area contributed by atoms with Gasteiger partial charge in [-0.1, -0.05) is 0 Å². The summed E-state index contributed by atoms with van der Waals surface area (Å²) in [7, 11) is 3.39. The van der Waals surface area contributed by atoms with Crippen molar-refractivity contribution in [2.24, 2.45) is 11.8 Å². The van der Waals surface area contributed by atoms with E-state index in [0.29, 0.717) is 53.6 Å². The van der Waals surface area contributed by atoms with E-state index in [2.05, 4.69) is 26.0 Å². The Morgan fingerprint density at radius 1 is 1.30 bits per heavy atom. The fraction of sp³-hybridized carbons (Fsp3) is 0.455. The summed E-state index contributed by atoms with van der Waals surface area (Å²) in [5.41, 5.74) is 1.07. The molecule has 1 aliphatic heterocycles. The lowest BCUT2D eigenvalue weighted by atomic mass is 10.3. The van der Waals surface area contributed by atoms with Crippen molar-refractivity contribution in [1.29, 1.82) is 0 Å². The molecule has 2 aliphatic carbocycles. The van der Waals surface area contributed by atoms with E-state index in [0.717, 1.165) is 6.42 Å². The van der Waals surface area contributed by atoms with Gasteiger partial charge in [0.2, 0.25) is 0 Å². The van der Waals surface area contributed by atoms with Gasteiger partial charge in [0.25, 0.3) is 11.5 Å². The zero-order chi connectivity index (χ0) is 22.7. The third-order valence-electron chi connectivity index (χ3n) is 6.79. The Kier molecular flexibility index (Phi) is 4.63. The summed E-state index contributed by atoms with van der Waals surface area (Å²) in [6.07, 6.45) is 4.16. The molecule has 11 nitrogen and oxygen atoms in total. The number of hydrogen-bond donors (Lipinski definition) is 3. The average Bonchev–Trinajstić information content (AvgIpc) is 3.58. The maximum atomic E-state index is 13.1. The highest BCUT2D eigenvalue weighted by Gasteiger charge is 2.55. The van der Waals surface area contributed by atoms with Gasteiger partial charge in [0.1, 0.15) is 22.9 Å². The number of carbonyl (C=O) groups excluding carboxylic acids is 1. The summed E-state index contributed by atoms with van der Waals surface area (Å²) in [6, 6.07) is 5.54. The summed E-state index contributed by atoms with van der Waals surface area (Å²) in [6.45, 7) is 1.42. The molecule has 5 atom stereocenters. The largest absolute Gasteiger partial charge is 0.381 e. The van der Waals surface area contributed by atoms with E-state index in [1.54, 1.807) is 35.4 Å². The van der Waals surface area contributed by atoms with Gasteiger partial charge in [-0.15, -0.1) is 0 Å². The maximum Gasteiger partial charge on any atom is 0.274 e. The van der Waals surface area contributed by atoms with Crippen molar-refractivity contribution in [2.45, 2.75) is 24.6 Å². The van der Waals surface area contributed by atoms with E-state index in [1.807, 2.05) is 12.3 Å². The molecule has 3 N–H and O–H groups in total. The molecular weight excluding hydrogens is 426 g/mol. The van der Waals surface area contributed by atoms with Crippen molar-refractivity contribution in [3.05, 3.63) is 46.5 Å². The van der Waals surface area contributed by atoms with Crippen LogP contribution < -0.4 is 21.5 Å². The Morgan fingerprint density at radius 2 is 2.12 bits per heavy atom. The number of ether oxygens (including phenoxy) is 2. The van der Waals surface area contributed by atoms with Crippen LogP contribution in [0, 0.1) is 11.8 Å². The SMILES string of the molecule is CNc1cc(Nc2cccn([C@H]3[C@@H]4COC[C@@H]43)c2=O)nc2c(C(=O)NC3C[C@H]3OC)cnn12. The van der Waals surface area contributed by atoms with E-state index in [9.17, 15) is 9.59 Å². The van der Waals surface area contributed by atoms with Crippen molar-refractivity contribution >= 4 is 28.9 Å². The second kappa shape index (κ2) is 7.56. The van der Waals surface area contributed by atoms with Gasteiger partial charge in [0.15, 0.2) is 5.65 Å². The molecular formula is C22H25N7O4. The summed E-state index contributed by atoms with van der Waals surface area (Å²) >= 11 is 0. The second-order valence-electron chi connectivity index (χ2n) is 8.78. The first-order valence-electron chi connectivity index (χ1n) is 11.0. The molecule has 3 aliphatic rings. The van der Waals surface area contributed by atoms with Crippen molar-refractivity contribution in [1.82, 2.24) is 24.5 Å². The topological polar surface area (TPSA) is 124 Å². The standard InChI is InChI=1S/C22H25N7O4/c1-23-18-7-17(25-14-4-3-5-28(22(14)31)19-12-9-33-10-13(12)19)27-20-11(8-24-29(18)20)21(30)26-15-6-16(15)32-2/h3-5,7-8,12-13,15-16,19,23H,6,9-10H2,1-2H3,(H,25,27)(H,26,30)/t12-,13+,15?,16-,19+/m1/s1.